The van der Waals surface area contributed by atoms with Crippen molar-refractivity contribution in [1.82, 2.24) is 9.91 Å². The molecule has 0 saturated heterocycles. The molecule has 3 atom stereocenters. The third-order valence-electron chi connectivity index (χ3n) is 7.38. The number of fused-ring (bicyclic) bond motifs is 1. The Kier molecular flexibility index (Phi) is 9.16. The van der Waals surface area contributed by atoms with Crippen LogP contribution in [0.4, 0.5) is 0 Å². The molecule has 218 valence electrons. The smallest absolute Gasteiger partial charge is 0.345 e. The topological polar surface area (TPSA) is 104 Å². The molecule has 2 heterocycles. The van der Waals surface area contributed by atoms with E-state index in [4.69, 9.17) is 14.5 Å². The molecular formula is C33H36N4O5. The maximum atomic E-state index is 13.8. The molecule has 9 nitrogen and oxygen atoms in total. The molecule has 2 aliphatic rings. The number of amides is 1. The number of nitrogens with zero attached hydrogens (tertiary/aromatic N) is 4. The van der Waals surface area contributed by atoms with Crippen molar-refractivity contribution in [3.8, 4) is 11.5 Å². The summed E-state index contributed by atoms with van der Waals surface area (Å²) in [7, 11) is 1.84. The van der Waals surface area contributed by atoms with Gasteiger partial charge in [-0.3, -0.25) is 19.7 Å². The normalized spacial score (nSPS) is 18.7. The van der Waals surface area contributed by atoms with Crippen molar-refractivity contribution in [2.45, 2.75) is 50.8 Å². The number of carboxylic acids is 1. The third-order valence-corrected chi connectivity index (χ3v) is 7.38. The van der Waals surface area contributed by atoms with Gasteiger partial charge < -0.3 is 14.6 Å². The summed E-state index contributed by atoms with van der Waals surface area (Å²) >= 11 is 0. The van der Waals surface area contributed by atoms with E-state index >= 15 is 0 Å². The van der Waals surface area contributed by atoms with E-state index in [0.717, 1.165) is 35.5 Å². The average Bonchev–Trinajstić information content (AvgIpc) is 3.31. The number of carbonyl (C=O) groups is 2. The molecule has 0 radical (unpaired) electrons. The number of rotatable bonds is 13. The van der Waals surface area contributed by atoms with E-state index in [1.54, 1.807) is 46.3 Å². The Bertz CT molecular complexity index is 1430. The van der Waals surface area contributed by atoms with Crippen LogP contribution in [0.2, 0.25) is 0 Å². The number of para-hydroxylation sites is 1. The van der Waals surface area contributed by atoms with Gasteiger partial charge in [0.05, 0.1) is 12.3 Å². The van der Waals surface area contributed by atoms with Gasteiger partial charge in [0.15, 0.2) is 12.1 Å². The second kappa shape index (κ2) is 13.3. The molecule has 1 amide bonds. The summed E-state index contributed by atoms with van der Waals surface area (Å²) in [6.45, 7) is 2.73. The minimum Gasteiger partial charge on any atom is -0.492 e. The van der Waals surface area contributed by atoms with Gasteiger partial charge in [0.1, 0.15) is 30.0 Å². The molecule has 5 rings (SSSR count). The molecule has 2 unspecified atom stereocenters. The number of hydrazone groups is 1. The number of hydrogen-bond donors (Lipinski definition) is 1. The Balaban J connectivity index is 1.23. The molecule has 3 aromatic carbocycles. The Morgan fingerprint density at radius 3 is 2.31 bits per heavy atom. The number of benzene rings is 3. The number of carboxylic acid groups (broad SMARTS) is 1. The van der Waals surface area contributed by atoms with Crippen molar-refractivity contribution in [2.24, 2.45) is 10.1 Å². The van der Waals surface area contributed by atoms with Crippen LogP contribution in [0.5, 0.6) is 11.5 Å². The number of aliphatic imine (C=N–C) groups is 1. The van der Waals surface area contributed by atoms with Crippen LogP contribution in [0.25, 0.3) is 0 Å². The molecule has 42 heavy (non-hydrogen) atoms. The molecule has 1 N–H and O–H groups in total. The molecule has 0 bridgehead atoms. The molecule has 9 heteroatoms. The molecular weight excluding hydrogens is 532 g/mol. The van der Waals surface area contributed by atoms with E-state index in [9.17, 15) is 14.7 Å². The monoisotopic (exact) mass is 568 g/mol. The zero-order valence-corrected chi connectivity index (χ0v) is 23.9. The molecule has 0 saturated carbocycles. The lowest BCUT2D eigenvalue weighted by atomic mass is 9.97. The number of carbonyl (C=O) groups excluding carboxylic acids is 1. The van der Waals surface area contributed by atoms with Gasteiger partial charge in [-0.05, 0) is 41.8 Å². The van der Waals surface area contributed by atoms with E-state index in [0.29, 0.717) is 24.5 Å². The lowest BCUT2D eigenvalue weighted by Crippen LogP contribution is -2.57. The first-order valence-electron chi connectivity index (χ1n) is 14.3. The summed E-state index contributed by atoms with van der Waals surface area (Å²) in [4.78, 5) is 32.3. The maximum absolute atomic E-state index is 13.8. The van der Waals surface area contributed by atoms with E-state index in [1.165, 1.54) is 0 Å². The van der Waals surface area contributed by atoms with E-state index in [1.807, 2.05) is 55.6 Å². The minimum absolute atomic E-state index is 0.0182. The van der Waals surface area contributed by atoms with Crippen LogP contribution in [-0.2, 0) is 22.4 Å². The maximum Gasteiger partial charge on any atom is 0.345 e. The zero-order valence-electron chi connectivity index (χ0n) is 23.9. The second-order valence-electron chi connectivity index (χ2n) is 10.5. The standard InChI is InChI=1S/C33H36N4O5/c1-3-10-27-30-31(36(2)35-27)32(38)37(29(34-30)22-23-11-6-4-7-12-23)19-20-41-25-17-15-24(16-18-25)21-28(33(39)40)42-26-13-8-5-9-14-26/h4-9,11-18,28,30-31H,3,10,19-22H2,1-2H3,(H,39,40)/t28-,30?,31?/m1/s1. The van der Waals surface area contributed by atoms with Gasteiger partial charge >= 0.3 is 5.97 Å². The van der Waals surface area contributed by atoms with E-state index < -0.39 is 18.1 Å². The Morgan fingerprint density at radius 2 is 1.64 bits per heavy atom. The summed E-state index contributed by atoms with van der Waals surface area (Å²) in [5.41, 5.74) is 2.85. The highest BCUT2D eigenvalue weighted by molar-refractivity contribution is 6.09. The zero-order chi connectivity index (χ0) is 29.5. The van der Waals surface area contributed by atoms with Crippen LogP contribution >= 0.6 is 0 Å². The molecule has 0 spiro atoms. The average molecular weight is 569 g/mol. The van der Waals surface area contributed by atoms with E-state index in [2.05, 4.69) is 12.0 Å². The van der Waals surface area contributed by atoms with Crippen LogP contribution in [0.1, 0.15) is 30.9 Å². The van der Waals surface area contributed by atoms with Crippen molar-refractivity contribution < 1.29 is 24.2 Å². The van der Waals surface area contributed by atoms with Gasteiger partial charge in [-0.25, -0.2) is 4.79 Å². The van der Waals surface area contributed by atoms with Crippen molar-refractivity contribution in [3.05, 3.63) is 96.1 Å². The van der Waals surface area contributed by atoms with Gasteiger partial charge in [0.25, 0.3) is 5.91 Å². The van der Waals surface area contributed by atoms with E-state index in [-0.39, 0.29) is 25.0 Å². The van der Waals surface area contributed by atoms with Crippen LogP contribution in [0.3, 0.4) is 0 Å². The lowest BCUT2D eigenvalue weighted by Gasteiger charge is -2.35. The van der Waals surface area contributed by atoms with Gasteiger partial charge in [-0.1, -0.05) is 74.0 Å². The lowest BCUT2D eigenvalue weighted by molar-refractivity contribution is -0.145. The van der Waals surface area contributed by atoms with Gasteiger partial charge in [-0.2, -0.15) is 5.10 Å². The summed E-state index contributed by atoms with van der Waals surface area (Å²) in [6.07, 6.45) is 1.51. The van der Waals surface area contributed by atoms with Crippen molar-refractivity contribution in [2.75, 3.05) is 20.2 Å². The van der Waals surface area contributed by atoms with Crippen LogP contribution in [-0.4, -0.2) is 76.8 Å². The highest BCUT2D eigenvalue weighted by Gasteiger charge is 2.46. The quantitative estimate of drug-likeness (QED) is 0.327. The van der Waals surface area contributed by atoms with Crippen LogP contribution < -0.4 is 9.47 Å². The van der Waals surface area contributed by atoms with Crippen molar-refractivity contribution in [1.29, 1.82) is 0 Å². The second-order valence-corrected chi connectivity index (χ2v) is 10.5. The Hall–Kier alpha value is -4.66. The summed E-state index contributed by atoms with van der Waals surface area (Å²) in [5, 5.41) is 16.0. The number of amidine groups is 1. The highest BCUT2D eigenvalue weighted by Crippen LogP contribution is 2.27. The first-order chi connectivity index (χ1) is 20.4. The number of ether oxygens (including phenoxy) is 2. The van der Waals surface area contributed by atoms with Crippen molar-refractivity contribution in [3.63, 3.8) is 0 Å². The summed E-state index contributed by atoms with van der Waals surface area (Å²) in [6, 6.07) is 25.5. The van der Waals surface area contributed by atoms with Crippen LogP contribution in [0, 0.1) is 0 Å². The SMILES string of the molecule is CCCC1=NN(C)C2C(=O)N(CCOc3ccc(C[C@@H](Oc4ccccc4)C(=O)O)cc3)C(Cc3ccccc3)=NC12. The predicted molar refractivity (Wildman–Crippen MR) is 161 cm³/mol. The van der Waals surface area contributed by atoms with Crippen molar-refractivity contribution >= 4 is 23.4 Å². The third kappa shape index (κ3) is 6.79. The predicted octanol–water partition coefficient (Wildman–Crippen LogP) is 4.46. The van der Waals surface area contributed by atoms with Gasteiger partial charge in [-0.15, -0.1) is 0 Å². The Morgan fingerprint density at radius 1 is 0.952 bits per heavy atom. The first-order valence-corrected chi connectivity index (χ1v) is 14.3. The van der Waals surface area contributed by atoms with Gasteiger partial charge in [0.2, 0.25) is 0 Å². The first kappa shape index (κ1) is 28.9. The van der Waals surface area contributed by atoms with Crippen LogP contribution in [0.15, 0.2) is 95.0 Å². The fraction of sp³-hybridized carbons (Fsp3) is 0.333. The molecule has 2 aliphatic heterocycles. The fourth-order valence-corrected chi connectivity index (χ4v) is 5.31. The fourth-order valence-electron chi connectivity index (χ4n) is 5.31. The largest absolute Gasteiger partial charge is 0.492 e. The molecule has 3 aromatic rings. The Labute approximate surface area is 246 Å². The molecule has 0 aliphatic carbocycles. The molecule has 0 fully saturated rings. The number of aliphatic carboxylic acids is 1. The number of hydrogen-bond acceptors (Lipinski definition) is 7. The minimum atomic E-state index is -1.03. The summed E-state index contributed by atoms with van der Waals surface area (Å²) < 4.78 is 11.7. The number of likely N-dealkylation sites (N-methyl/N-ethyl adjacent to an activating group) is 1. The summed E-state index contributed by atoms with van der Waals surface area (Å²) in [5.74, 6) is 0.820. The van der Waals surface area contributed by atoms with Gasteiger partial charge in [0, 0.05) is 19.9 Å². The highest BCUT2D eigenvalue weighted by atomic mass is 16.5. The molecule has 0 aromatic heterocycles.